The number of piperidine rings is 1. The first-order valence-corrected chi connectivity index (χ1v) is 7.19. The van der Waals surface area contributed by atoms with Crippen LogP contribution < -0.4 is 5.32 Å². The van der Waals surface area contributed by atoms with Crippen molar-refractivity contribution in [3.05, 3.63) is 0 Å². The summed E-state index contributed by atoms with van der Waals surface area (Å²) in [6.07, 6.45) is 3.38. The van der Waals surface area contributed by atoms with E-state index in [2.05, 4.69) is 24.1 Å². The quantitative estimate of drug-likeness (QED) is 0.713. The van der Waals surface area contributed by atoms with Gasteiger partial charge in [0.1, 0.15) is 0 Å². The summed E-state index contributed by atoms with van der Waals surface area (Å²) in [5.41, 5.74) is 0. The zero-order valence-electron chi connectivity index (χ0n) is 11.8. The van der Waals surface area contributed by atoms with Gasteiger partial charge in [0, 0.05) is 6.54 Å². The van der Waals surface area contributed by atoms with Gasteiger partial charge < -0.3 is 15.3 Å². The molecule has 3 heteroatoms. The first-order valence-electron chi connectivity index (χ1n) is 7.19. The van der Waals surface area contributed by atoms with Gasteiger partial charge in [0.05, 0.1) is 6.10 Å². The summed E-state index contributed by atoms with van der Waals surface area (Å²) in [7, 11) is 0. The molecule has 0 radical (unpaired) electrons. The van der Waals surface area contributed by atoms with Crippen molar-refractivity contribution in [3.8, 4) is 0 Å². The molecule has 3 nitrogen and oxygen atoms in total. The van der Waals surface area contributed by atoms with Crippen LogP contribution in [0.15, 0.2) is 0 Å². The molecule has 0 amide bonds. The number of likely N-dealkylation sites (tertiary alicyclic amines) is 1. The van der Waals surface area contributed by atoms with Crippen LogP contribution in [0.1, 0.15) is 40.0 Å². The van der Waals surface area contributed by atoms with Crippen molar-refractivity contribution in [2.24, 2.45) is 11.8 Å². The number of rotatable bonds is 7. The van der Waals surface area contributed by atoms with Gasteiger partial charge in [-0.2, -0.15) is 0 Å². The second kappa shape index (κ2) is 8.06. The van der Waals surface area contributed by atoms with Crippen LogP contribution in [0.2, 0.25) is 0 Å². The van der Waals surface area contributed by atoms with E-state index < -0.39 is 0 Å². The van der Waals surface area contributed by atoms with Crippen molar-refractivity contribution in [1.82, 2.24) is 10.2 Å². The fourth-order valence-electron chi connectivity index (χ4n) is 2.36. The highest BCUT2D eigenvalue weighted by Gasteiger charge is 2.18. The van der Waals surface area contributed by atoms with Gasteiger partial charge >= 0.3 is 0 Å². The molecule has 0 saturated carbocycles. The Morgan fingerprint density at radius 3 is 2.41 bits per heavy atom. The third-order valence-corrected chi connectivity index (χ3v) is 3.56. The molecule has 0 aliphatic carbocycles. The lowest BCUT2D eigenvalue weighted by Gasteiger charge is -2.32. The maximum Gasteiger partial charge on any atom is 0.0524 e. The van der Waals surface area contributed by atoms with Crippen molar-refractivity contribution in [2.45, 2.75) is 46.1 Å². The molecule has 1 atom stereocenters. The van der Waals surface area contributed by atoms with Gasteiger partial charge in [-0.3, -0.25) is 0 Å². The Morgan fingerprint density at radius 2 is 1.88 bits per heavy atom. The van der Waals surface area contributed by atoms with Crippen LogP contribution in [0, 0.1) is 11.8 Å². The number of aliphatic hydroxyl groups is 1. The normalized spacial score (nSPS) is 21.0. The van der Waals surface area contributed by atoms with Crippen molar-refractivity contribution < 1.29 is 5.11 Å². The predicted molar refractivity (Wildman–Crippen MR) is 73.2 cm³/mol. The molecule has 1 rings (SSSR count). The van der Waals surface area contributed by atoms with E-state index >= 15 is 0 Å². The number of aliphatic hydroxyl groups excluding tert-OH is 1. The van der Waals surface area contributed by atoms with Gasteiger partial charge in [-0.25, -0.2) is 0 Å². The third-order valence-electron chi connectivity index (χ3n) is 3.56. The highest BCUT2D eigenvalue weighted by atomic mass is 16.3. The highest BCUT2D eigenvalue weighted by molar-refractivity contribution is 4.74. The van der Waals surface area contributed by atoms with E-state index in [1.807, 2.05) is 6.92 Å². The minimum Gasteiger partial charge on any atom is -0.393 e. The minimum absolute atomic E-state index is 0.152. The minimum atomic E-state index is -0.152. The van der Waals surface area contributed by atoms with E-state index in [1.54, 1.807) is 0 Å². The van der Waals surface area contributed by atoms with E-state index in [0.29, 0.717) is 0 Å². The van der Waals surface area contributed by atoms with Gasteiger partial charge in [-0.15, -0.1) is 0 Å². The van der Waals surface area contributed by atoms with Gasteiger partial charge in [-0.05, 0) is 64.2 Å². The average molecular weight is 242 g/mol. The second-order valence-electron chi connectivity index (χ2n) is 5.97. The van der Waals surface area contributed by atoms with Crippen LogP contribution >= 0.6 is 0 Å². The van der Waals surface area contributed by atoms with Crippen LogP contribution in [0.5, 0.6) is 0 Å². The van der Waals surface area contributed by atoms with Gasteiger partial charge in [0.25, 0.3) is 0 Å². The Balaban J connectivity index is 2.05. The first kappa shape index (κ1) is 14.9. The molecule has 2 N–H and O–H groups in total. The van der Waals surface area contributed by atoms with Crippen LogP contribution in [0.3, 0.4) is 0 Å². The molecule has 0 aromatic heterocycles. The van der Waals surface area contributed by atoms with E-state index in [0.717, 1.165) is 31.3 Å². The van der Waals surface area contributed by atoms with E-state index in [1.165, 1.54) is 32.5 Å². The smallest absolute Gasteiger partial charge is 0.0524 e. The summed E-state index contributed by atoms with van der Waals surface area (Å²) in [4.78, 5) is 2.49. The fraction of sp³-hybridized carbons (Fsp3) is 1.00. The number of nitrogens with zero attached hydrogens (tertiary/aromatic N) is 1. The first-order chi connectivity index (χ1) is 8.08. The average Bonchev–Trinajstić information content (AvgIpc) is 2.27. The lowest BCUT2D eigenvalue weighted by Crippen LogP contribution is -2.38. The lowest BCUT2D eigenvalue weighted by atomic mass is 9.96. The van der Waals surface area contributed by atoms with E-state index in [-0.39, 0.29) is 6.10 Å². The molecule has 0 spiro atoms. The summed E-state index contributed by atoms with van der Waals surface area (Å²) in [5.74, 6) is 1.61. The summed E-state index contributed by atoms with van der Waals surface area (Å²) in [6.45, 7) is 12.2. The molecular weight excluding hydrogens is 212 g/mol. The summed E-state index contributed by atoms with van der Waals surface area (Å²) in [6, 6.07) is 0. The lowest BCUT2D eigenvalue weighted by molar-refractivity contribution is 0.132. The Hall–Kier alpha value is -0.120. The molecule has 1 heterocycles. The molecule has 0 aromatic rings. The molecule has 1 unspecified atom stereocenters. The van der Waals surface area contributed by atoms with E-state index in [4.69, 9.17) is 0 Å². The number of hydrogen-bond donors (Lipinski definition) is 2. The summed E-state index contributed by atoms with van der Waals surface area (Å²) >= 11 is 0. The van der Waals surface area contributed by atoms with Crippen LogP contribution in [0.25, 0.3) is 0 Å². The maximum atomic E-state index is 9.27. The molecule has 102 valence electrons. The van der Waals surface area contributed by atoms with E-state index in [9.17, 15) is 5.11 Å². The summed E-state index contributed by atoms with van der Waals surface area (Å²) in [5, 5.41) is 12.8. The van der Waals surface area contributed by atoms with Crippen LogP contribution in [-0.2, 0) is 0 Å². The van der Waals surface area contributed by atoms with Gasteiger partial charge in [0.2, 0.25) is 0 Å². The summed E-state index contributed by atoms with van der Waals surface area (Å²) < 4.78 is 0. The predicted octanol–water partition coefficient (Wildman–Crippen LogP) is 1.71. The molecular formula is C14H30N2O. The SMILES string of the molecule is CC(C)CNCC1CCN(CCC(C)O)CC1. The number of hydrogen-bond acceptors (Lipinski definition) is 3. The zero-order valence-corrected chi connectivity index (χ0v) is 11.8. The molecule has 1 saturated heterocycles. The van der Waals surface area contributed by atoms with Gasteiger partial charge in [-0.1, -0.05) is 13.8 Å². The standard InChI is InChI=1S/C14H30N2O/c1-12(2)10-15-11-14-5-8-16(9-6-14)7-4-13(3)17/h12-15,17H,4-11H2,1-3H3. The number of nitrogens with one attached hydrogen (secondary N) is 1. The third kappa shape index (κ3) is 7.02. The van der Waals surface area contributed by atoms with Crippen LogP contribution in [0.4, 0.5) is 0 Å². The Kier molecular flexibility index (Phi) is 7.09. The molecule has 0 bridgehead atoms. The van der Waals surface area contributed by atoms with Crippen LogP contribution in [-0.4, -0.2) is 48.8 Å². The molecule has 1 aliphatic rings. The molecule has 1 fully saturated rings. The maximum absolute atomic E-state index is 9.27. The zero-order chi connectivity index (χ0) is 12.7. The Labute approximate surface area is 107 Å². The van der Waals surface area contributed by atoms with Crippen molar-refractivity contribution in [2.75, 3.05) is 32.7 Å². The monoisotopic (exact) mass is 242 g/mol. The Bertz CT molecular complexity index is 187. The molecule has 0 aromatic carbocycles. The van der Waals surface area contributed by atoms with Crippen molar-refractivity contribution in [3.63, 3.8) is 0 Å². The van der Waals surface area contributed by atoms with Crippen molar-refractivity contribution >= 4 is 0 Å². The molecule has 17 heavy (non-hydrogen) atoms. The molecule has 1 aliphatic heterocycles. The van der Waals surface area contributed by atoms with Crippen molar-refractivity contribution in [1.29, 1.82) is 0 Å². The topological polar surface area (TPSA) is 35.5 Å². The Morgan fingerprint density at radius 1 is 1.24 bits per heavy atom. The van der Waals surface area contributed by atoms with Gasteiger partial charge in [0.15, 0.2) is 0 Å². The fourth-order valence-corrected chi connectivity index (χ4v) is 2.36. The highest BCUT2D eigenvalue weighted by Crippen LogP contribution is 2.16. The largest absolute Gasteiger partial charge is 0.393 e. The second-order valence-corrected chi connectivity index (χ2v) is 5.97.